The number of aliphatic hydroxyl groups excluding tert-OH is 1. The smallest absolute Gasteiger partial charge is 0.389 e. The monoisotopic (exact) mass is 295 g/mol. The van der Waals surface area contributed by atoms with E-state index < -0.39 is 12.6 Å². The molecule has 0 unspecified atom stereocenters. The van der Waals surface area contributed by atoms with Gasteiger partial charge in [0.05, 0.1) is 6.61 Å². The fourth-order valence-electron chi connectivity index (χ4n) is 1.99. The van der Waals surface area contributed by atoms with Crippen LogP contribution < -0.4 is 0 Å². The van der Waals surface area contributed by atoms with Crippen LogP contribution >= 0.6 is 11.3 Å². The van der Waals surface area contributed by atoms with Crippen molar-refractivity contribution in [2.24, 2.45) is 0 Å². The van der Waals surface area contributed by atoms with Crippen LogP contribution in [0.25, 0.3) is 0 Å². The van der Waals surface area contributed by atoms with Gasteiger partial charge in [-0.3, -0.25) is 4.90 Å². The minimum atomic E-state index is -4.10. The molecular formula is C13H20F3NOS. The van der Waals surface area contributed by atoms with E-state index in [1.807, 2.05) is 28.7 Å². The number of hydrogen-bond acceptors (Lipinski definition) is 3. The van der Waals surface area contributed by atoms with Crippen LogP contribution in [0.4, 0.5) is 13.2 Å². The molecule has 0 spiro atoms. The van der Waals surface area contributed by atoms with Crippen LogP contribution in [0.15, 0.2) is 16.8 Å². The van der Waals surface area contributed by atoms with Crippen LogP contribution in [0.2, 0.25) is 0 Å². The molecule has 0 aliphatic carbocycles. The Morgan fingerprint density at radius 1 is 1.42 bits per heavy atom. The van der Waals surface area contributed by atoms with Crippen molar-refractivity contribution >= 4 is 11.3 Å². The Balaban J connectivity index is 2.54. The van der Waals surface area contributed by atoms with Crippen molar-refractivity contribution in [3.63, 3.8) is 0 Å². The maximum atomic E-state index is 12.2. The maximum absolute atomic E-state index is 12.2. The Kier molecular flexibility index (Phi) is 6.82. The standard InChI is InChI=1S/C13H20F3NOS/c1-2-12(9-18)17(6-3-5-13(14,15)16)8-11-4-7-19-10-11/h4,7,10,12,18H,2-3,5-6,8-9H2,1H3/t12-/m1/s1. The summed E-state index contributed by atoms with van der Waals surface area (Å²) in [6.45, 7) is 2.87. The van der Waals surface area contributed by atoms with E-state index in [1.54, 1.807) is 11.3 Å². The quantitative estimate of drug-likeness (QED) is 0.791. The van der Waals surface area contributed by atoms with Crippen molar-refractivity contribution in [3.8, 4) is 0 Å². The van der Waals surface area contributed by atoms with E-state index in [1.165, 1.54) is 0 Å². The van der Waals surface area contributed by atoms with Crippen molar-refractivity contribution in [3.05, 3.63) is 22.4 Å². The summed E-state index contributed by atoms with van der Waals surface area (Å²) < 4.78 is 36.5. The number of aliphatic hydroxyl groups is 1. The molecule has 0 bridgehead atoms. The highest BCUT2D eigenvalue weighted by Crippen LogP contribution is 2.22. The highest BCUT2D eigenvalue weighted by atomic mass is 32.1. The number of halogens is 3. The molecule has 19 heavy (non-hydrogen) atoms. The number of hydrogen-bond donors (Lipinski definition) is 1. The number of thiophene rings is 1. The summed E-state index contributed by atoms with van der Waals surface area (Å²) >= 11 is 1.57. The molecule has 0 amide bonds. The summed E-state index contributed by atoms with van der Waals surface area (Å²) in [5, 5.41) is 13.3. The second-order valence-corrected chi connectivity index (χ2v) is 5.35. The van der Waals surface area contributed by atoms with Gasteiger partial charge in [-0.05, 0) is 41.8 Å². The molecule has 0 aliphatic rings. The van der Waals surface area contributed by atoms with Crippen molar-refractivity contribution < 1.29 is 18.3 Å². The van der Waals surface area contributed by atoms with E-state index in [9.17, 15) is 18.3 Å². The highest BCUT2D eigenvalue weighted by molar-refractivity contribution is 7.07. The minimum Gasteiger partial charge on any atom is -0.395 e. The first-order valence-corrected chi connectivity index (χ1v) is 7.33. The summed E-state index contributed by atoms with van der Waals surface area (Å²) in [6.07, 6.45) is -4.07. The Morgan fingerprint density at radius 3 is 2.63 bits per heavy atom. The summed E-state index contributed by atoms with van der Waals surface area (Å²) in [6, 6.07) is 1.89. The molecule has 6 heteroatoms. The first-order chi connectivity index (χ1) is 8.96. The molecule has 110 valence electrons. The van der Waals surface area contributed by atoms with Gasteiger partial charge in [0.25, 0.3) is 0 Å². The van der Waals surface area contributed by atoms with Gasteiger partial charge in [0, 0.05) is 19.0 Å². The Hall–Kier alpha value is -0.590. The summed E-state index contributed by atoms with van der Waals surface area (Å²) in [7, 11) is 0. The lowest BCUT2D eigenvalue weighted by Crippen LogP contribution is -2.38. The molecular weight excluding hydrogens is 275 g/mol. The summed E-state index contributed by atoms with van der Waals surface area (Å²) in [4.78, 5) is 1.94. The molecule has 0 saturated heterocycles. The van der Waals surface area contributed by atoms with Crippen LogP contribution in [-0.2, 0) is 6.54 Å². The van der Waals surface area contributed by atoms with Crippen molar-refractivity contribution in [1.29, 1.82) is 0 Å². The van der Waals surface area contributed by atoms with Gasteiger partial charge < -0.3 is 5.11 Å². The van der Waals surface area contributed by atoms with Crippen molar-refractivity contribution in [1.82, 2.24) is 4.90 Å². The second-order valence-electron chi connectivity index (χ2n) is 4.57. The highest BCUT2D eigenvalue weighted by Gasteiger charge is 2.27. The number of nitrogens with zero attached hydrogens (tertiary/aromatic N) is 1. The zero-order valence-corrected chi connectivity index (χ0v) is 11.8. The SMILES string of the molecule is CC[C@H](CO)N(CCCC(F)(F)F)Cc1ccsc1. The van der Waals surface area contributed by atoms with Gasteiger partial charge in [-0.25, -0.2) is 0 Å². The molecule has 1 rings (SSSR count). The van der Waals surface area contributed by atoms with Crippen LogP contribution in [0.5, 0.6) is 0 Å². The fourth-order valence-corrected chi connectivity index (χ4v) is 2.65. The van der Waals surface area contributed by atoms with E-state index in [0.717, 1.165) is 12.0 Å². The number of rotatable bonds is 8. The summed E-state index contributed by atoms with van der Waals surface area (Å²) in [5.74, 6) is 0. The molecule has 1 atom stereocenters. The third kappa shape index (κ3) is 6.40. The van der Waals surface area contributed by atoms with Crippen LogP contribution in [0.3, 0.4) is 0 Å². The summed E-state index contributed by atoms with van der Waals surface area (Å²) in [5.41, 5.74) is 1.09. The Bertz CT molecular complexity index is 336. The van der Waals surface area contributed by atoms with Crippen LogP contribution in [0.1, 0.15) is 31.7 Å². The Labute approximate surface area is 115 Å². The largest absolute Gasteiger partial charge is 0.395 e. The molecule has 1 N–H and O–H groups in total. The van der Waals surface area contributed by atoms with Gasteiger partial charge in [0.2, 0.25) is 0 Å². The van der Waals surface area contributed by atoms with Gasteiger partial charge in [0.15, 0.2) is 0 Å². The zero-order valence-electron chi connectivity index (χ0n) is 11.0. The molecule has 1 aromatic heterocycles. The molecule has 0 aromatic carbocycles. The predicted molar refractivity (Wildman–Crippen MR) is 71.2 cm³/mol. The molecule has 0 aliphatic heterocycles. The van der Waals surface area contributed by atoms with Crippen LogP contribution in [-0.4, -0.2) is 35.4 Å². The van der Waals surface area contributed by atoms with Gasteiger partial charge in [0.1, 0.15) is 0 Å². The van der Waals surface area contributed by atoms with Crippen LogP contribution in [0, 0.1) is 0 Å². The third-order valence-electron chi connectivity index (χ3n) is 3.07. The fraction of sp³-hybridized carbons (Fsp3) is 0.692. The normalized spacial score (nSPS) is 14.0. The lowest BCUT2D eigenvalue weighted by molar-refractivity contribution is -0.136. The van der Waals surface area contributed by atoms with Crippen molar-refractivity contribution in [2.75, 3.05) is 13.2 Å². The molecule has 0 fully saturated rings. The average Bonchev–Trinajstić information content (AvgIpc) is 2.81. The van der Waals surface area contributed by atoms with Gasteiger partial charge in [-0.2, -0.15) is 24.5 Å². The molecule has 0 saturated carbocycles. The maximum Gasteiger partial charge on any atom is 0.389 e. The predicted octanol–water partition coefficient (Wildman–Crippen LogP) is 3.66. The molecule has 1 aromatic rings. The second kappa shape index (κ2) is 7.87. The molecule has 0 radical (unpaired) electrons. The van der Waals surface area contributed by atoms with Gasteiger partial charge in [-0.15, -0.1) is 0 Å². The molecule has 2 nitrogen and oxygen atoms in total. The number of alkyl halides is 3. The third-order valence-corrected chi connectivity index (χ3v) is 3.80. The van der Waals surface area contributed by atoms with E-state index >= 15 is 0 Å². The lowest BCUT2D eigenvalue weighted by Gasteiger charge is -2.29. The van der Waals surface area contributed by atoms with E-state index in [0.29, 0.717) is 13.1 Å². The minimum absolute atomic E-state index is 0.0212. The topological polar surface area (TPSA) is 23.5 Å². The molecule has 1 heterocycles. The first-order valence-electron chi connectivity index (χ1n) is 6.39. The van der Waals surface area contributed by atoms with Crippen molar-refractivity contribution in [2.45, 2.75) is 44.9 Å². The zero-order chi connectivity index (χ0) is 14.3. The van der Waals surface area contributed by atoms with E-state index in [-0.39, 0.29) is 19.1 Å². The average molecular weight is 295 g/mol. The van der Waals surface area contributed by atoms with Gasteiger partial charge in [-0.1, -0.05) is 6.92 Å². The van der Waals surface area contributed by atoms with E-state index in [4.69, 9.17) is 0 Å². The lowest BCUT2D eigenvalue weighted by atomic mass is 10.1. The van der Waals surface area contributed by atoms with E-state index in [2.05, 4.69) is 0 Å². The van der Waals surface area contributed by atoms with Gasteiger partial charge >= 0.3 is 6.18 Å². The first kappa shape index (κ1) is 16.5. The Morgan fingerprint density at radius 2 is 2.16 bits per heavy atom.